The molecule has 11 heavy (non-hydrogen) atoms. The van der Waals surface area contributed by atoms with Crippen LogP contribution in [0.2, 0.25) is 0 Å². The molecule has 1 aliphatic heterocycles. The van der Waals surface area contributed by atoms with Crippen LogP contribution in [0.15, 0.2) is 0 Å². The molecule has 0 bridgehead atoms. The molecule has 0 saturated carbocycles. The second-order valence-electron chi connectivity index (χ2n) is 2.89. The summed E-state index contributed by atoms with van der Waals surface area (Å²) in [5.41, 5.74) is 0. The molecule has 1 fully saturated rings. The van der Waals surface area contributed by atoms with Crippen molar-refractivity contribution in [2.45, 2.75) is 25.3 Å². The Morgan fingerprint density at radius 2 is 2.36 bits per heavy atom. The third-order valence-corrected chi connectivity index (χ3v) is 1.96. The Morgan fingerprint density at radius 3 is 3.00 bits per heavy atom. The van der Waals surface area contributed by atoms with Crippen molar-refractivity contribution in [3.63, 3.8) is 0 Å². The van der Waals surface area contributed by atoms with Crippen molar-refractivity contribution < 1.29 is 4.79 Å². The molecule has 0 aromatic carbocycles. The average molecular weight is 155 g/mol. The molecular formula is C8H15N2O. The molecule has 0 amide bonds. The lowest BCUT2D eigenvalue weighted by Crippen LogP contribution is -2.48. The van der Waals surface area contributed by atoms with Crippen molar-refractivity contribution in [2.75, 3.05) is 19.6 Å². The SMILES string of the molecule is O=[C]CCCC1CNCCN1. The molecule has 3 nitrogen and oxygen atoms in total. The van der Waals surface area contributed by atoms with E-state index in [2.05, 4.69) is 10.6 Å². The molecule has 0 aromatic heterocycles. The second-order valence-corrected chi connectivity index (χ2v) is 2.89. The highest BCUT2D eigenvalue weighted by Gasteiger charge is 2.10. The van der Waals surface area contributed by atoms with E-state index in [-0.39, 0.29) is 0 Å². The van der Waals surface area contributed by atoms with Crippen LogP contribution in [0.5, 0.6) is 0 Å². The van der Waals surface area contributed by atoms with Crippen LogP contribution in [0, 0.1) is 0 Å². The van der Waals surface area contributed by atoms with E-state index >= 15 is 0 Å². The Hall–Kier alpha value is -0.410. The highest BCUT2D eigenvalue weighted by molar-refractivity contribution is 5.50. The topological polar surface area (TPSA) is 41.1 Å². The van der Waals surface area contributed by atoms with E-state index in [0.717, 1.165) is 32.5 Å². The summed E-state index contributed by atoms with van der Waals surface area (Å²) in [5, 5.41) is 6.69. The van der Waals surface area contributed by atoms with Gasteiger partial charge in [-0.2, -0.15) is 0 Å². The van der Waals surface area contributed by atoms with Crippen LogP contribution in [-0.2, 0) is 4.79 Å². The van der Waals surface area contributed by atoms with Gasteiger partial charge in [0, 0.05) is 32.1 Å². The molecule has 2 N–H and O–H groups in total. The van der Waals surface area contributed by atoms with Crippen LogP contribution in [0.4, 0.5) is 0 Å². The van der Waals surface area contributed by atoms with E-state index in [1.54, 1.807) is 0 Å². The lowest BCUT2D eigenvalue weighted by Gasteiger charge is -2.23. The summed E-state index contributed by atoms with van der Waals surface area (Å²) in [4.78, 5) is 9.89. The number of unbranched alkanes of at least 4 members (excludes halogenated alkanes) is 1. The maximum atomic E-state index is 9.89. The van der Waals surface area contributed by atoms with Crippen LogP contribution < -0.4 is 10.6 Å². The van der Waals surface area contributed by atoms with Crippen molar-refractivity contribution in [2.24, 2.45) is 0 Å². The number of hydrogen-bond acceptors (Lipinski definition) is 3. The van der Waals surface area contributed by atoms with E-state index < -0.39 is 0 Å². The highest BCUT2D eigenvalue weighted by atomic mass is 16.1. The van der Waals surface area contributed by atoms with E-state index in [9.17, 15) is 4.79 Å². The predicted octanol–water partition coefficient (Wildman–Crippen LogP) is -0.172. The van der Waals surface area contributed by atoms with Gasteiger partial charge in [-0.3, -0.25) is 4.79 Å². The number of piperazine rings is 1. The van der Waals surface area contributed by atoms with Gasteiger partial charge in [0.05, 0.1) is 0 Å². The van der Waals surface area contributed by atoms with Crippen LogP contribution in [-0.4, -0.2) is 32.0 Å². The first kappa shape index (κ1) is 8.68. The highest BCUT2D eigenvalue weighted by Crippen LogP contribution is 2.00. The van der Waals surface area contributed by atoms with Gasteiger partial charge < -0.3 is 10.6 Å². The maximum Gasteiger partial charge on any atom is 0.198 e. The monoisotopic (exact) mass is 155 g/mol. The number of carbonyl (C=O) groups excluding carboxylic acids is 1. The fraction of sp³-hybridized carbons (Fsp3) is 0.875. The summed E-state index contributed by atoms with van der Waals surface area (Å²) >= 11 is 0. The molecule has 3 heteroatoms. The minimum Gasteiger partial charge on any atom is -0.314 e. The molecule has 0 aromatic rings. The Morgan fingerprint density at radius 1 is 1.45 bits per heavy atom. The van der Waals surface area contributed by atoms with Gasteiger partial charge in [-0.1, -0.05) is 0 Å². The van der Waals surface area contributed by atoms with Crippen LogP contribution in [0.25, 0.3) is 0 Å². The first-order valence-corrected chi connectivity index (χ1v) is 4.22. The van der Waals surface area contributed by atoms with Crippen molar-refractivity contribution in [3.05, 3.63) is 0 Å². The summed E-state index contributed by atoms with van der Waals surface area (Å²) in [5.74, 6) is 0. The minimum absolute atomic E-state index is 0.567. The Balaban J connectivity index is 2.00. The standard InChI is InChI=1S/C8H15N2O/c11-6-2-1-3-8-7-9-4-5-10-8/h8-10H,1-5,7H2. The fourth-order valence-corrected chi connectivity index (χ4v) is 1.34. The van der Waals surface area contributed by atoms with Gasteiger partial charge in [0.2, 0.25) is 0 Å². The Kier molecular flexibility index (Phi) is 4.16. The molecule has 1 saturated heterocycles. The zero-order chi connectivity index (χ0) is 7.94. The zero-order valence-electron chi connectivity index (χ0n) is 6.73. The van der Waals surface area contributed by atoms with Gasteiger partial charge in [-0.15, -0.1) is 0 Å². The Bertz CT molecular complexity index is 111. The van der Waals surface area contributed by atoms with Crippen molar-refractivity contribution in [1.29, 1.82) is 0 Å². The fourth-order valence-electron chi connectivity index (χ4n) is 1.34. The van der Waals surface area contributed by atoms with Gasteiger partial charge in [-0.05, 0) is 12.8 Å². The average Bonchev–Trinajstić information content (AvgIpc) is 2.07. The van der Waals surface area contributed by atoms with Gasteiger partial charge >= 0.3 is 0 Å². The van der Waals surface area contributed by atoms with E-state index in [1.807, 2.05) is 6.29 Å². The van der Waals surface area contributed by atoms with Gasteiger partial charge in [0.15, 0.2) is 6.29 Å². The molecule has 0 spiro atoms. The summed E-state index contributed by atoms with van der Waals surface area (Å²) in [6.45, 7) is 3.16. The lowest BCUT2D eigenvalue weighted by molar-refractivity contribution is 0.393. The van der Waals surface area contributed by atoms with Gasteiger partial charge in [-0.25, -0.2) is 0 Å². The van der Waals surface area contributed by atoms with Crippen LogP contribution in [0.3, 0.4) is 0 Å². The van der Waals surface area contributed by atoms with Crippen molar-refractivity contribution in [1.82, 2.24) is 10.6 Å². The smallest absolute Gasteiger partial charge is 0.198 e. The minimum atomic E-state index is 0.567. The lowest BCUT2D eigenvalue weighted by atomic mass is 10.1. The van der Waals surface area contributed by atoms with Crippen molar-refractivity contribution in [3.8, 4) is 0 Å². The summed E-state index contributed by atoms with van der Waals surface area (Å²) in [6.07, 6.45) is 4.54. The summed E-state index contributed by atoms with van der Waals surface area (Å²) < 4.78 is 0. The third kappa shape index (κ3) is 3.49. The number of nitrogens with one attached hydrogen (secondary N) is 2. The maximum absolute atomic E-state index is 9.89. The molecule has 63 valence electrons. The first-order valence-electron chi connectivity index (χ1n) is 4.22. The predicted molar refractivity (Wildman–Crippen MR) is 44.2 cm³/mol. The summed E-state index contributed by atoms with van der Waals surface area (Å²) in [6, 6.07) is 0.567. The molecule has 1 atom stereocenters. The zero-order valence-corrected chi connectivity index (χ0v) is 6.73. The van der Waals surface area contributed by atoms with Crippen molar-refractivity contribution >= 4 is 6.29 Å². The first-order chi connectivity index (χ1) is 5.43. The number of rotatable bonds is 4. The van der Waals surface area contributed by atoms with Crippen LogP contribution >= 0.6 is 0 Å². The number of hydrogen-bond donors (Lipinski definition) is 2. The molecule has 1 heterocycles. The normalized spacial score (nSPS) is 24.9. The molecule has 1 rings (SSSR count). The Labute approximate surface area is 67.5 Å². The molecular weight excluding hydrogens is 140 g/mol. The van der Waals surface area contributed by atoms with Gasteiger partial charge in [0.1, 0.15) is 0 Å². The molecule has 1 radical (unpaired) electrons. The largest absolute Gasteiger partial charge is 0.314 e. The third-order valence-electron chi connectivity index (χ3n) is 1.96. The van der Waals surface area contributed by atoms with E-state index in [1.165, 1.54) is 0 Å². The summed E-state index contributed by atoms with van der Waals surface area (Å²) in [7, 11) is 0. The quantitative estimate of drug-likeness (QED) is 0.554. The molecule has 1 aliphatic rings. The van der Waals surface area contributed by atoms with Crippen LogP contribution in [0.1, 0.15) is 19.3 Å². The molecule has 1 unspecified atom stereocenters. The van der Waals surface area contributed by atoms with E-state index in [0.29, 0.717) is 12.5 Å². The van der Waals surface area contributed by atoms with Gasteiger partial charge in [0.25, 0.3) is 0 Å². The molecule has 0 aliphatic carbocycles. The second kappa shape index (κ2) is 5.27. The van der Waals surface area contributed by atoms with E-state index in [4.69, 9.17) is 0 Å².